The molecule has 0 aromatic heterocycles. The number of benzene rings is 1. The Balaban J connectivity index is 3.00. The minimum Gasteiger partial charge on any atom is -0.370 e. The number of anilines is 1. The van der Waals surface area contributed by atoms with E-state index in [1.165, 1.54) is 0 Å². The SMILES string of the molecule is CN=C(N)Nc1c(C)cccc1Cl. The summed E-state index contributed by atoms with van der Waals surface area (Å²) < 4.78 is 0. The third-order valence-corrected chi connectivity index (χ3v) is 2.03. The molecule has 13 heavy (non-hydrogen) atoms. The highest BCUT2D eigenvalue weighted by molar-refractivity contribution is 6.33. The molecule has 0 fully saturated rings. The van der Waals surface area contributed by atoms with E-state index in [1.54, 1.807) is 13.1 Å². The number of aryl methyl sites for hydroxylation is 1. The zero-order valence-electron chi connectivity index (χ0n) is 7.63. The molecular weight excluding hydrogens is 186 g/mol. The van der Waals surface area contributed by atoms with E-state index in [0.29, 0.717) is 11.0 Å². The molecule has 1 aromatic carbocycles. The Labute approximate surface area is 82.6 Å². The van der Waals surface area contributed by atoms with Gasteiger partial charge in [-0.2, -0.15) is 0 Å². The summed E-state index contributed by atoms with van der Waals surface area (Å²) in [5.74, 6) is 0.358. The summed E-state index contributed by atoms with van der Waals surface area (Å²) in [5.41, 5.74) is 7.38. The molecule has 1 aromatic rings. The average molecular weight is 198 g/mol. The second kappa shape index (κ2) is 4.14. The van der Waals surface area contributed by atoms with Crippen LogP contribution in [0.15, 0.2) is 23.2 Å². The molecule has 0 amide bonds. The summed E-state index contributed by atoms with van der Waals surface area (Å²) in [6.07, 6.45) is 0. The lowest BCUT2D eigenvalue weighted by atomic mass is 10.2. The summed E-state index contributed by atoms with van der Waals surface area (Å²) in [5, 5.41) is 3.57. The Kier molecular flexibility index (Phi) is 3.14. The molecule has 0 aliphatic heterocycles. The van der Waals surface area contributed by atoms with Gasteiger partial charge in [-0.1, -0.05) is 23.7 Å². The van der Waals surface area contributed by atoms with Gasteiger partial charge >= 0.3 is 0 Å². The second-order valence-corrected chi connectivity index (χ2v) is 3.07. The van der Waals surface area contributed by atoms with Crippen molar-refractivity contribution >= 4 is 23.2 Å². The van der Waals surface area contributed by atoms with Crippen LogP contribution in [0.1, 0.15) is 5.56 Å². The second-order valence-electron chi connectivity index (χ2n) is 2.67. The lowest BCUT2D eigenvalue weighted by Gasteiger charge is -2.09. The molecule has 0 unspecified atom stereocenters. The Morgan fingerprint density at radius 1 is 1.54 bits per heavy atom. The largest absolute Gasteiger partial charge is 0.370 e. The van der Waals surface area contributed by atoms with Crippen molar-refractivity contribution < 1.29 is 0 Å². The van der Waals surface area contributed by atoms with Gasteiger partial charge in [-0.25, -0.2) is 0 Å². The highest BCUT2D eigenvalue weighted by Gasteiger charge is 2.03. The minimum atomic E-state index is 0.358. The average Bonchev–Trinajstić information content (AvgIpc) is 2.11. The van der Waals surface area contributed by atoms with Crippen molar-refractivity contribution in [2.24, 2.45) is 10.7 Å². The van der Waals surface area contributed by atoms with Gasteiger partial charge in [0.2, 0.25) is 0 Å². The van der Waals surface area contributed by atoms with Crippen molar-refractivity contribution in [1.29, 1.82) is 0 Å². The minimum absolute atomic E-state index is 0.358. The van der Waals surface area contributed by atoms with Gasteiger partial charge in [0.25, 0.3) is 0 Å². The molecular formula is C9H12ClN3. The van der Waals surface area contributed by atoms with E-state index in [1.807, 2.05) is 19.1 Å². The van der Waals surface area contributed by atoms with Crippen LogP contribution in [0.25, 0.3) is 0 Å². The summed E-state index contributed by atoms with van der Waals surface area (Å²) in [6.45, 7) is 1.96. The zero-order valence-corrected chi connectivity index (χ0v) is 8.39. The molecule has 0 heterocycles. The first kappa shape index (κ1) is 9.86. The fourth-order valence-corrected chi connectivity index (χ4v) is 1.24. The van der Waals surface area contributed by atoms with Crippen molar-refractivity contribution in [3.05, 3.63) is 28.8 Å². The van der Waals surface area contributed by atoms with E-state index in [4.69, 9.17) is 17.3 Å². The van der Waals surface area contributed by atoms with Gasteiger partial charge in [0, 0.05) is 7.05 Å². The van der Waals surface area contributed by atoms with E-state index < -0.39 is 0 Å². The van der Waals surface area contributed by atoms with Gasteiger partial charge in [0.05, 0.1) is 10.7 Å². The van der Waals surface area contributed by atoms with Crippen LogP contribution >= 0.6 is 11.6 Å². The summed E-state index contributed by atoms with van der Waals surface area (Å²) in [6, 6.07) is 5.65. The number of rotatable bonds is 1. The van der Waals surface area contributed by atoms with Crippen molar-refractivity contribution in [3.63, 3.8) is 0 Å². The van der Waals surface area contributed by atoms with Gasteiger partial charge in [0.1, 0.15) is 0 Å². The first-order chi connectivity index (χ1) is 6.15. The Hall–Kier alpha value is -1.22. The standard InChI is InChI=1S/C9H12ClN3/c1-6-4-3-5-7(10)8(6)13-9(11)12-2/h3-5H,1-2H3,(H3,11,12,13). The Morgan fingerprint density at radius 3 is 2.77 bits per heavy atom. The summed E-state index contributed by atoms with van der Waals surface area (Å²) in [4.78, 5) is 3.79. The van der Waals surface area contributed by atoms with Crippen molar-refractivity contribution in [2.45, 2.75) is 6.92 Å². The van der Waals surface area contributed by atoms with Crippen molar-refractivity contribution in [1.82, 2.24) is 0 Å². The monoisotopic (exact) mass is 197 g/mol. The van der Waals surface area contributed by atoms with Crippen LogP contribution in [0.4, 0.5) is 5.69 Å². The quantitative estimate of drug-likeness (QED) is 0.535. The van der Waals surface area contributed by atoms with Gasteiger partial charge in [-0.05, 0) is 18.6 Å². The normalized spacial score (nSPS) is 11.5. The van der Waals surface area contributed by atoms with Crippen molar-refractivity contribution in [2.75, 3.05) is 12.4 Å². The first-order valence-electron chi connectivity index (χ1n) is 3.89. The third kappa shape index (κ3) is 2.36. The van der Waals surface area contributed by atoms with Crippen molar-refractivity contribution in [3.8, 4) is 0 Å². The van der Waals surface area contributed by atoms with Crippen LogP contribution in [0.5, 0.6) is 0 Å². The molecule has 0 atom stereocenters. The first-order valence-corrected chi connectivity index (χ1v) is 4.27. The maximum absolute atomic E-state index is 5.96. The molecule has 0 bridgehead atoms. The topological polar surface area (TPSA) is 50.4 Å². The van der Waals surface area contributed by atoms with E-state index >= 15 is 0 Å². The molecule has 0 saturated carbocycles. The molecule has 0 aliphatic carbocycles. The molecule has 1 rings (SSSR count). The number of guanidine groups is 1. The predicted octanol–water partition coefficient (Wildman–Crippen LogP) is 2.00. The maximum atomic E-state index is 5.96. The number of halogens is 1. The zero-order chi connectivity index (χ0) is 9.84. The Bertz CT molecular complexity index is 313. The van der Waals surface area contributed by atoms with E-state index in [2.05, 4.69) is 10.3 Å². The van der Waals surface area contributed by atoms with Gasteiger partial charge in [-0.15, -0.1) is 0 Å². The lowest BCUT2D eigenvalue weighted by Crippen LogP contribution is -2.22. The molecule has 0 radical (unpaired) electrons. The Morgan fingerprint density at radius 2 is 2.23 bits per heavy atom. The number of nitrogens with one attached hydrogen (secondary N) is 1. The van der Waals surface area contributed by atoms with Crippen LogP contribution in [0.2, 0.25) is 5.02 Å². The molecule has 4 heteroatoms. The third-order valence-electron chi connectivity index (χ3n) is 1.72. The number of hydrogen-bond acceptors (Lipinski definition) is 1. The molecule has 0 spiro atoms. The van der Waals surface area contributed by atoms with E-state index in [0.717, 1.165) is 11.3 Å². The van der Waals surface area contributed by atoms with E-state index in [9.17, 15) is 0 Å². The highest BCUT2D eigenvalue weighted by atomic mass is 35.5. The van der Waals surface area contributed by atoms with Crippen LogP contribution in [0.3, 0.4) is 0 Å². The number of nitrogens with zero attached hydrogens (tertiary/aromatic N) is 1. The molecule has 0 aliphatic rings. The number of aliphatic imine (C=N–C) groups is 1. The van der Waals surface area contributed by atoms with Gasteiger partial charge in [-0.3, -0.25) is 4.99 Å². The maximum Gasteiger partial charge on any atom is 0.192 e. The fraction of sp³-hybridized carbons (Fsp3) is 0.222. The molecule has 3 N–H and O–H groups in total. The molecule has 0 saturated heterocycles. The fourth-order valence-electron chi connectivity index (χ4n) is 0.974. The molecule has 3 nitrogen and oxygen atoms in total. The number of nitrogens with two attached hydrogens (primary N) is 1. The van der Waals surface area contributed by atoms with E-state index in [-0.39, 0.29) is 0 Å². The molecule has 70 valence electrons. The lowest BCUT2D eigenvalue weighted by molar-refractivity contribution is 1.36. The summed E-state index contributed by atoms with van der Waals surface area (Å²) in [7, 11) is 1.62. The van der Waals surface area contributed by atoms with Gasteiger partial charge in [0.15, 0.2) is 5.96 Å². The number of para-hydroxylation sites is 1. The predicted molar refractivity (Wildman–Crippen MR) is 57.4 cm³/mol. The van der Waals surface area contributed by atoms with Crippen LogP contribution < -0.4 is 11.1 Å². The van der Waals surface area contributed by atoms with Gasteiger partial charge < -0.3 is 11.1 Å². The smallest absolute Gasteiger partial charge is 0.192 e. The highest BCUT2D eigenvalue weighted by Crippen LogP contribution is 2.24. The van der Waals surface area contributed by atoms with Crippen LogP contribution in [0, 0.1) is 6.92 Å². The van der Waals surface area contributed by atoms with Crippen LogP contribution in [-0.4, -0.2) is 13.0 Å². The number of hydrogen-bond donors (Lipinski definition) is 2. The van der Waals surface area contributed by atoms with Crippen LogP contribution in [-0.2, 0) is 0 Å². The summed E-state index contributed by atoms with van der Waals surface area (Å²) >= 11 is 5.96.